The first-order chi connectivity index (χ1) is 12.0. The lowest BCUT2D eigenvalue weighted by atomic mass is 10.2. The number of esters is 2. The molecule has 0 N–H and O–H groups in total. The summed E-state index contributed by atoms with van der Waals surface area (Å²) in [6, 6.07) is 0. The maximum atomic E-state index is 11.7. The van der Waals surface area contributed by atoms with Crippen LogP contribution in [-0.4, -0.2) is 74.7 Å². The van der Waals surface area contributed by atoms with E-state index in [9.17, 15) is 26.4 Å². The van der Waals surface area contributed by atoms with Crippen LogP contribution in [-0.2, 0) is 38.7 Å². The molecule has 4 atom stereocenters. The van der Waals surface area contributed by atoms with Gasteiger partial charge in [-0.1, -0.05) is 0 Å². The number of hydrogen-bond donors (Lipinski definition) is 0. The molecule has 12 heteroatoms. The van der Waals surface area contributed by atoms with Crippen molar-refractivity contribution in [3.8, 4) is 0 Å². The molecule has 0 amide bonds. The molecule has 2 aliphatic rings. The number of ether oxygens (including phenoxy) is 2. The number of carbonyl (C=O) groups excluding carboxylic acids is 2. The molecular weight excluding hydrogens is 431 g/mol. The second kappa shape index (κ2) is 8.62. The Labute approximate surface area is 162 Å². The zero-order chi connectivity index (χ0) is 19.5. The molecule has 0 aromatic heterocycles. The van der Waals surface area contributed by atoms with E-state index in [2.05, 4.69) is 0 Å². The van der Waals surface area contributed by atoms with E-state index in [-0.39, 0.29) is 35.9 Å². The van der Waals surface area contributed by atoms with Gasteiger partial charge in [0.15, 0.2) is 19.7 Å². The molecule has 2 rings (SSSR count). The predicted molar refractivity (Wildman–Crippen MR) is 94.8 cm³/mol. The molecule has 0 radical (unpaired) electrons. The highest BCUT2D eigenvalue weighted by Crippen LogP contribution is 2.23. The van der Waals surface area contributed by atoms with Crippen LogP contribution in [0.1, 0.15) is 25.7 Å². The molecule has 150 valence electrons. The van der Waals surface area contributed by atoms with Gasteiger partial charge in [-0.25, -0.2) is 16.8 Å². The monoisotopic (exact) mass is 450 g/mol. The number of sulfone groups is 2. The van der Waals surface area contributed by atoms with Crippen molar-refractivity contribution in [2.45, 2.75) is 48.6 Å². The van der Waals surface area contributed by atoms with Gasteiger partial charge in [0.1, 0.15) is 12.2 Å². The lowest BCUT2D eigenvalue weighted by Crippen LogP contribution is -2.26. The maximum Gasteiger partial charge on any atom is 0.306 e. The molecule has 2 saturated heterocycles. The SMILES string of the molecule is O=C(CCCCC(=O)OC1CS(=O)(=O)CC1Cl)OC1CS(=O)(=O)CC1Cl. The first-order valence-electron chi connectivity index (χ1n) is 8.05. The lowest BCUT2D eigenvalue weighted by Gasteiger charge is -2.14. The van der Waals surface area contributed by atoms with Gasteiger partial charge < -0.3 is 9.47 Å². The molecule has 0 aliphatic carbocycles. The van der Waals surface area contributed by atoms with E-state index < -0.39 is 54.6 Å². The Morgan fingerprint density at radius 3 is 1.35 bits per heavy atom. The highest BCUT2D eigenvalue weighted by Gasteiger charge is 2.40. The van der Waals surface area contributed by atoms with Gasteiger partial charge in [0.25, 0.3) is 0 Å². The largest absolute Gasteiger partial charge is 0.460 e. The molecule has 0 aromatic rings. The molecule has 0 saturated carbocycles. The van der Waals surface area contributed by atoms with Crippen molar-refractivity contribution < 1.29 is 35.9 Å². The van der Waals surface area contributed by atoms with Gasteiger partial charge in [0, 0.05) is 12.8 Å². The van der Waals surface area contributed by atoms with Crippen molar-refractivity contribution in [3.05, 3.63) is 0 Å². The van der Waals surface area contributed by atoms with E-state index in [0.29, 0.717) is 12.8 Å². The lowest BCUT2D eigenvalue weighted by molar-refractivity contribution is -0.150. The molecule has 0 aromatic carbocycles. The van der Waals surface area contributed by atoms with Crippen molar-refractivity contribution in [1.82, 2.24) is 0 Å². The summed E-state index contributed by atoms with van der Waals surface area (Å²) in [7, 11) is -6.55. The van der Waals surface area contributed by atoms with Crippen molar-refractivity contribution >= 4 is 54.8 Å². The van der Waals surface area contributed by atoms with Crippen molar-refractivity contribution in [1.29, 1.82) is 0 Å². The van der Waals surface area contributed by atoms with Crippen LogP contribution in [0.2, 0.25) is 0 Å². The fourth-order valence-corrected chi connectivity index (χ4v) is 7.67. The second-order valence-electron chi connectivity index (χ2n) is 6.45. The first kappa shape index (κ1) is 21.7. The first-order valence-corrected chi connectivity index (χ1v) is 12.6. The van der Waals surface area contributed by atoms with Crippen LogP contribution in [0.4, 0.5) is 0 Å². The van der Waals surface area contributed by atoms with Crippen molar-refractivity contribution in [2.75, 3.05) is 23.0 Å². The number of halogens is 2. The van der Waals surface area contributed by atoms with E-state index >= 15 is 0 Å². The zero-order valence-corrected chi connectivity index (χ0v) is 16.9. The van der Waals surface area contributed by atoms with Crippen LogP contribution in [0.5, 0.6) is 0 Å². The van der Waals surface area contributed by atoms with E-state index in [0.717, 1.165) is 0 Å². The van der Waals surface area contributed by atoms with Crippen LogP contribution in [0.25, 0.3) is 0 Å². The fourth-order valence-electron chi connectivity index (χ4n) is 2.76. The van der Waals surface area contributed by atoms with Crippen LogP contribution in [0.3, 0.4) is 0 Å². The third-order valence-electron chi connectivity index (χ3n) is 4.05. The third kappa shape index (κ3) is 6.54. The minimum atomic E-state index is -3.28. The average Bonchev–Trinajstić information content (AvgIpc) is 2.88. The predicted octanol–water partition coefficient (Wildman–Crippen LogP) is 0.442. The molecule has 0 spiro atoms. The van der Waals surface area contributed by atoms with E-state index in [4.69, 9.17) is 32.7 Å². The van der Waals surface area contributed by atoms with E-state index in [1.807, 2.05) is 0 Å². The summed E-state index contributed by atoms with van der Waals surface area (Å²) in [6.45, 7) is 0. The molecule has 2 aliphatic heterocycles. The minimum Gasteiger partial charge on any atom is -0.460 e. The number of hydrogen-bond acceptors (Lipinski definition) is 8. The van der Waals surface area contributed by atoms with Gasteiger partial charge in [0.2, 0.25) is 0 Å². The van der Waals surface area contributed by atoms with Crippen molar-refractivity contribution in [2.24, 2.45) is 0 Å². The van der Waals surface area contributed by atoms with E-state index in [1.54, 1.807) is 0 Å². The van der Waals surface area contributed by atoms with Crippen molar-refractivity contribution in [3.63, 3.8) is 0 Å². The Morgan fingerprint density at radius 1 is 0.731 bits per heavy atom. The van der Waals surface area contributed by atoms with Gasteiger partial charge in [-0.2, -0.15) is 0 Å². The number of carbonyl (C=O) groups is 2. The normalized spacial score (nSPS) is 32.2. The molecule has 2 heterocycles. The van der Waals surface area contributed by atoms with Crippen LogP contribution in [0, 0.1) is 0 Å². The molecule has 8 nitrogen and oxygen atoms in total. The molecule has 2 fully saturated rings. The van der Waals surface area contributed by atoms with Crippen LogP contribution >= 0.6 is 23.2 Å². The molecular formula is C14H20Cl2O8S2. The summed E-state index contributed by atoms with van der Waals surface area (Å²) in [5.74, 6) is -2.12. The Hall–Kier alpha value is -0.580. The van der Waals surface area contributed by atoms with Gasteiger partial charge in [-0.15, -0.1) is 23.2 Å². The summed E-state index contributed by atoms with van der Waals surface area (Å²) in [5, 5.41) is -1.49. The average molecular weight is 451 g/mol. The van der Waals surface area contributed by atoms with Crippen LogP contribution in [0.15, 0.2) is 0 Å². The van der Waals surface area contributed by atoms with Gasteiger partial charge >= 0.3 is 11.9 Å². The summed E-state index contributed by atoms with van der Waals surface area (Å²) < 4.78 is 55.7. The second-order valence-corrected chi connectivity index (χ2v) is 11.9. The number of unbranched alkanes of at least 4 members (excludes halogenated alkanes) is 1. The number of alkyl halides is 2. The van der Waals surface area contributed by atoms with Gasteiger partial charge in [0.05, 0.1) is 33.8 Å². The summed E-state index contributed by atoms with van der Waals surface area (Å²) in [5.41, 5.74) is 0. The quantitative estimate of drug-likeness (QED) is 0.311. The molecule has 26 heavy (non-hydrogen) atoms. The van der Waals surface area contributed by atoms with Crippen LogP contribution < -0.4 is 0 Å². The molecule has 0 bridgehead atoms. The van der Waals surface area contributed by atoms with Gasteiger partial charge in [-0.3, -0.25) is 9.59 Å². The van der Waals surface area contributed by atoms with E-state index in [1.165, 1.54) is 0 Å². The minimum absolute atomic E-state index is 0.0172. The number of rotatable bonds is 7. The Bertz CT molecular complexity index is 685. The third-order valence-corrected chi connectivity index (χ3v) is 8.69. The Morgan fingerprint density at radius 2 is 1.08 bits per heavy atom. The maximum absolute atomic E-state index is 11.7. The fraction of sp³-hybridized carbons (Fsp3) is 0.857. The standard InChI is InChI=1S/C14H20Cl2O8S2/c15-9-5-25(19,20)7-11(9)23-13(17)3-1-2-4-14(18)24-12-8-26(21,22)6-10(12)16/h9-12H,1-8H2. The Balaban J connectivity index is 1.63. The summed E-state index contributed by atoms with van der Waals surface area (Å²) in [6.07, 6.45) is -0.971. The smallest absolute Gasteiger partial charge is 0.306 e. The summed E-state index contributed by atoms with van der Waals surface area (Å²) in [4.78, 5) is 23.4. The molecule has 4 unspecified atom stereocenters. The highest BCUT2D eigenvalue weighted by molar-refractivity contribution is 7.92. The highest BCUT2D eigenvalue weighted by atomic mass is 35.5. The summed E-state index contributed by atoms with van der Waals surface area (Å²) >= 11 is 11.7. The Kier molecular flexibility index (Phi) is 7.20. The topological polar surface area (TPSA) is 121 Å². The van der Waals surface area contributed by atoms with Gasteiger partial charge in [-0.05, 0) is 12.8 Å². The zero-order valence-electron chi connectivity index (χ0n) is 13.8.